The van der Waals surface area contributed by atoms with Gasteiger partial charge in [0.2, 0.25) is 0 Å². The molecule has 0 spiro atoms. The monoisotopic (exact) mass is 144 g/mol. The van der Waals surface area contributed by atoms with Crippen LogP contribution in [0.5, 0.6) is 0 Å². The van der Waals surface area contributed by atoms with Crippen LogP contribution in [0.15, 0.2) is 0 Å². The molecule has 1 aliphatic heterocycles. The normalized spacial score (nSPS) is 38.1. The van der Waals surface area contributed by atoms with Crippen LogP contribution in [0.1, 0.15) is 33.1 Å². The Morgan fingerprint density at radius 1 is 1.50 bits per heavy atom. The van der Waals surface area contributed by atoms with E-state index in [2.05, 4.69) is 13.8 Å². The average Bonchev–Trinajstić information content (AvgIpc) is 2.65. The molecule has 1 aliphatic rings. The topological polar surface area (TPSA) is 32.8 Å². The third-order valence-electron chi connectivity index (χ3n) is 2.32. The molecule has 1 heterocycles. The van der Waals surface area contributed by atoms with Crippen LogP contribution in [0.25, 0.3) is 0 Å². The highest BCUT2D eigenvalue weighted by Crippen LogP contribution is 2.41. The van der Waals surface area contributed by atoms with Crippen molar-refractivity contribution in [2.75, 3.05) is 6.61 Å². The molecule has 2 atom stereocenters. The Hall–Kier alpha value is -0.0800. The maximum atomic E-state index is 8.93. The number of hydrogen-bond acceptors (Lipinski definition) is 2. The minimum absolute atomic E-state index is 0.143. The molecule has 1 N–H and O–H groups in total. The van der Waals surface area contributed by atoms with Crippen molar-refractivity contribution in [3.63, 3.8) is 0 Å². The van der Waals surface area contributed by atoms with E-state index in [1.807, 2.05) is 0 Å². The van der Waals surface area contributed by atoms with Crippen LogP contribution in [-0.4, -0.2) is 23.4 Å². The molecule has 0 aromatic carbocycles. The summed E-state index contributed by atoms with van der Waals surface area (Å²) in [6.45, 7) is 4.39. The van der Waals surface area contributed by atoms with Gasteiger partial charge in [-0.2, -0.15) is 0 Å². The molecule has 1 fully saturated rings. The van der Waals surface area contributed by atoms with E-state index in [9.17, 15) is 0 Å². The van der Waals surface area contributed by atoms with E-state index in [4.69, 9.17) is 9.84 Å². The molecule has 0 aromatic rings. The molecule has 2 unspecified atom stereocenters. The van der Waals surface area contributed by atoms with Crippen LogP contribution in [0, 0.1) is 0 Å². The standard InChI is InChI=1S/C8H16O2/c1-3-5-7-8(4-2,6-9)10-7/h7,9H,3-6H2,1-2H3. The molecule has 2 nitrogen and oxygen atoms in total. The Kier molecular flexibility index (Phi) is 2.32. The van der Waals surface area contributed by atoms with Crippen molar-refractivity contribution in [2.24, 2.45) is 0 Å². The molecular formula is C8H16O2. The molecular weight excluding hydrogens is 128 g/mol. The van der Waals surface area contributed by atoms with Crippen molar-refractivity contribution in [1.82, 2.24) is 0 Å². The summed E-state index contributed by atoms with van der Waals surface area (Å²) in [5.41, 5.74) is -0.143. The molecule has 2 heteroatoms. The Bertz CT molecular complexity index is 108. The number of hydrogen-bond donors (Lipinski definition) is 1. The van der Waals surface area contributed by atoms with Gasteiger partial charge in [-0.25, -0.2) is 0 Å². The zero-order chi connectivity index (χ0) is 7.61. The van der Waals surface area contributed by atoms with E-state index in [-0.39, 0.29) is 12.2 Å². The van der Waals surface area contributed by atoms with Gasteiger partial charge in [-0.3, -0.25) is 0 Å². The van der Waals surface area contributed by atoms with E-state index in [0.29, 0.717) is 6.10 Å². The Morgan fingerprint density at radius 3 is 2.50 bits per heavy atom. The first-order chi connectivity index (χ1) is 4.79. The van der Waals surface area contributed by atoms with Crippen molar-refractivity contribution in [2.45, 2.75) is 44.8 Å². The van der Waals surface area contributed by atoms with Gasteiger partial charge in [-0.05, 0) is 12.8 Å². The highest BCUT2D eigenvalue weighted by atomic mass is 16.6. The smallest absolute Gasteiger partial charge is 0.117 e. The molecule has 0 aromatic heterocycles. The second-order valence-corrected chi connectivity index (χ2v) is 2.97. The number of ether oxygens (including phenoxy) is 1. The van der Waals surface area contributed by atoms with Crippen LogP contribution in [-0.2, 0) is 4.74 Å². The lowest BCUT2D eigenvalue weighted by Crippen LogP contribution is -2.18. The summed E-state index contributed by atoms with van der Waals surface area (Å²) in [4.78, 5) is 0. The predicted molar refractivity (Wildman–Crippen MR) is 39.9 cm³/mol. The van der Waals surface area contributed by atoms with Crippen LogP contribution < -0.4 is 0 Å². The first-order valence-corrected chi connectivity index (χ1v) is 4.07. The minimum atomic E-state index is -0.143. The fourth-order valence-corrected chi connectivity index (χ4v) is 1.40. The summed E-state index contributed by atoms with van der Waals surface area (Å²) >= 11 is 0. The summed E-state index contributed by atoms with van der Waals surface area (Å²) in [5, 5.41) is 8.93. The summed E-state index contributed by atoms with van der Waals surface area (Å²) in [6, 6.07) is 0. The first-order valence-electron chi connectivity index (χ1n) is 4.07. The zero-order valence-electron chi connectivity index (χ0n) is 6.76. The Labute approximate surface area is 62.2 Å². The minimum Gasteiger partial charge on any atom is -0.393 e. The maximum Gasteiger partial charge on any atom is 0.117 e. The van der Waals surface area contributed by atoms with Crippen LogP contribution in [0.3, 0.4) is 0 Å². The molecule has 10 heavy (non-hydrogen) atoms. The molecule has 0 radical (unpaired) electrons. The average molecular weight is 144 g/mol. The number of aliphatic hydroxyl groups is 1. The first kappa shape index (κ1) is 8.02. The molecule has 1 rings (SSSR count). The van der Waals surface area contributed by atoms with E-state index >= 15 is 0 Å². The summed E-state index contributed by atoms with van der Waals surface area (Å²) < 4.78 is 5.39. The fraction of sp³-hybridized carbons (Fsp3) is 1.00. The van der Waals surface area contributed by atoms with Gasteiger partial charge < -0.3 is 9.84 Å². The van der Waals surface area contributed by atoms with Gasteiger partial charge in [-0.1, -0.05) is 20.3 Å². The number of epoxide rings is 1. The van der Waals surface area contributed by atoms with Gasteiger partial charge in [0, 0.05) is 0 Å². The third kappa shape index (κ3) is 1.18. The highest BCUT2D eigenvalue weighted by Gasteiger charge is 2.53. The van der Waals surface area contributed by atoms with Crippen molar-refractivity contribution in [1.29, 1.82) is 0 Å². The van der Waals surface area contributed by atoms with E-state index in [0.717, 1.165) is 19.3 Å². The third-order valence-corrected chi connectivity index (χ3v) is 2.32. The quantitative estimate of drug-likeness (QED) is 0.604. The lowest BCUT2D eigenvalue weighted by Gasteiger charge is -2.03. The predicted octanol–water partition coefficient (Wildman–Crippen LogP) is 1.33. The second-order valence-electron chi connectivity index (χ2n) is 2.97. The number of rotatable bonds is 4. The molecule has 60 valence electrons. The zero-order valence-corrected chi connectivity index (χ0v) is 6.76. The van der Waals surface area contributed by atoms with Gasteiger partial charge in [0.1, 0.15) is 5.60 Å². The van der Waals surface area contributed by atoms with Gasteiger partial charge in [-0.15, -0.1) is 0 Å². The summed E-state index contributed by atoms with van der Waals surface area (Å²) in [5.74, 6) is 0. The van der Waals surface area contributed by atoms with Gasteiger partial charge in [0.15, 0.2) is 0 Å². The second kappa shape index (κ2) is 2.89. The summed E-state index contributed by atoms with van der Waals surface area (Å²) in [6.07, 6.45) is 3.52. The Balaban J connectivity index is 2.30. The highest BCUT2D eigenvalue weighted by molar-refractivity contribution is 5.00. The van der Waals surface area contributed by atoms with E-state index in [1.165, 1.54) is 0 Å². The molecule has 0 amide bonds. The molecule has 0 aliphatic carbocycles. The maximum absolute atomic E-state index is 8.93. The molecule has 1 saturated heterocycles. The number of aliphatic hydroxyl groups excluding tert-OH is 1. The molecule has 0 saturated carbocycles. The van der Waals surface area contributed by atoms with E-state index in [1.54, 1.807) is 0 Å². The lowest BCUT2D eigenvalue weighted by atomic mass is 10.0. The van der Waals surface area contributed by atoms with E-state index < -0.39 is 0 Å². The van der Waals surface area contributed by atoms with Gasteiger partial charge in [0.25, 0.3) is 0 Å². The summed E-state index contributed by atoms with van der Waals surface area (Å²) in [7, 11) is 0. The van der Waals surface area contributed by atoms with Crippen LogP contribution >= 0.6 is 0 Å². The Morgan fingerprint density at radius 2 is 2.20 bits per heavy atom. The van der Waals surface area contributed by atoms with Crippen molar-refractivity contribution in [3.8, 4) is 0 Å². The van der Waals surface area contributed by atoms with Crippen LogP contribution in [0.2, 0.25) is 0 Å². The molecule has 0 bridgehead atoms. The fourth-order valence-electron chi connectivity index (χ4n) is 1.40. The van der Waals surface area contributed by atoms with Gasteiger partial charge in [0.05, 0.1) is 12.7 Å². The van der Waals surface area contributed by atoms with Crippen molar-refractivity contribution < 1.29 is 9.84 Å². The van der Waals surface area contributed by atoms with Crippen molar-refractivity contribution >= 4 is 0 Å². The lowest BCUT2D eigenvalue weighted by molar-refractivity contribution is 0.168. The van der Waals surface area contributed by atoms with Crippen LogP contribution in [0.4, 0.5) is 0 Å². The van der Waals surface area contributed by atoms with Gasteiger partial charge >= 0.3 is 0 Å². The largest absolute Gasteiger partial charge is 0.393 e. The SMILES string of the molecule is CCCC1OC1(CC)CO. The van der Waals surface area contributed by atoms with Crippen molar-refractivity contribution in [3.05, 3.63) is 0 Å².